The molecule has 0 aromatic carbocycles. The molecular formula is C28H48N2O6. The van der Waals surface area contributed by atoms with Crippen molar-refractivity contribution in [1.29, 1.82) is 0 Å². The van der Waals surface area contributed by atoms with Crippen LogP contribution < -0.4 is 10.6 Å². The highest BCUT2D eigenvalue weighted by Crippen LogP contribution is 2.28. The number of rotatable bonds is 12. The van der Waals surface area contributed by atoms with Gasteiger partial charge in [0.2, 0.25) is 0 Å². The number of esters is 2. The molecule has 2 fully saturated rings. The van der Waals surface area contributed by atoms with E-state index in [1.54, 1.807) is 0 Å². The van der Waals surface area contributed by atoms with Gasteiger partial charge in [-0.1, -0.05) is 91.9 Å². The van der Waals surface area contributed by atoms with Crippen LogP contribution in [0.5, 0.6) is 0 Å². The number of carbonyl (C=O) groups is 4. The number of amides is 2. The molecule has 2 aliphatic rings. The second kappa shape index (κ2) is 15.9. The SMILES string of the molecule is CC(C)COC(=O)[C@H](CC1CCCCC1)NC(=O)C(=O)N[C@@H](CC1CCCCC1)C(=O)OCC(C)C. The molecule has 0 spiro atoms. The molecule has 36 heavy (non-hydrogen) atoms. The summed E-state index contributed by atoms with van der Waals surface area (Å²) >= 11 is 0. The van der Waals surface area contributed by atoms with Crippen LogP contribution in [-0.4, -0.2) is 49.1 Å². The van der Waals surface area contributed by atoms with Crippen molar-refractivity contribution >= 4 is 23.8 Å². The van der Waals surface area contributed by atoms with Gasteiger partial charge in [0.15, 0.2) is 0 Å². The van der Waals surface area contributed by atoms with E-state index in [4.69, 9.17) is 9.47 Å². The maximum absolute atomic E-state index is 12.9. The first kappa shape index (κ1) is 30.1. The Labute approximate surface area is 217 Å². The third-order valence-electron chi connectivity index (χ3n) is 7.09. The van der Waals surface area contributed by atoms with Crippen LogP contribution in [0.15, 0.2) is 0 Å². The first-order valence-electron chi connectivity index (χ1n) is 14.1. The molecule has 0 aromatic rings. The molecular weight excluding hydrogens is 460 g/mol. The van der Waals surface area contributed by atoms with Gasteiger partial charge in [-0.05, 0) is 36.5 Å². The van der Waals surface area contributed by atoms with Crippen molar-refractivity contribution in [2.75, 3.05) is 13.2 Å². The minimum absolute atomic E-state index is 0.167. The van der Waals surface area contributed by atoms with Crippen molar-refractivity contribution in [3.8, 4) is 0 Å². The molecule has 2 amide bonds. The second-order valence-electron chi connectivity index (χ2n) is 11.6. The summed E-state index contributed by atoms with van der Waals surface area (Å²) in [6.45, 7) is 8.29. The molecule has 2 saturated carbocycles. The summed E-state index contributed by atoms with van der Waals surface area (Å²) in [6, 6.07) is -1.76. The lowest BCUT2D eigenvalue weighted by atomic mass is 9.84. The number of nitrogens with one attached hydrogen (secondary N) is 2. The molecule has 2 aliphatic carbocycles. The van der Waals surface area contributed by atoms with E-state index in [-0.39, 0.29) is 25.0 Å². The van der Waals surface area contributed by atoms with Gasteiger partial charge in [0.05, 0.1) is 13.2 Å². The molecule has 2 N–H and O–H groups in total. The van der Waals surface area contributed by atoms with Crippen LogP contribution in [0.3, 0.4) is 0 Å². The van der Waals surface area contributed by atoms with Crippen LogP contribution in [0.4, 0.5) is 0 Å². The summed E-state index contributed by atoms with van der Waals surface area (Å²) in [7, 11) is 0. The number of ether oxygens (including phenoxy) is 2. The quantitative estimate of drug-likeness (QED) is 0.300. The number of hydrogen-bond acceptors (Lipinski definition) is 6. The lowest BCUT2D eigenvalue weighted by Gasteiger charge is -2.27. The third-order valence-corrected chi connectivity index (χ3v) is 7.09. The average molecular weight is 509 g/mol. The van der Waals surface area contributed by atoms with Crippen molar-refractivity contribution in [3.05, 3.63) is 0 Å². The fourth-order valence-corrected chi connectivity index (χ4v) is 5.09. The summed E-state index contributed by atoms with van der Waals surface area (Å²) in [5.41, 5.74) is 0. The van der Waals surface area contributed by atoms with Gasteiger partial charge >= 0.3 is 23.8 Å². The zero-order chi connectivity index (χ0) is 26.5. The highest BCUT2D eigenvalue weighted by molar-refractivity contribution is 6.35. The topological polar surface area (TPSA) is 111 Å². The predicted octanol–water partition coefficient (Wildman–Crippen LogP) is 4.30. The van der Waals surface area contributed by atoms with Gasteiger partial charge in [0, 0.05) is 0 Å². The van der Waals surface area contributed by atoms with Crippen molar-refractivity contribution in [3.63, 3.8) is 0 Å². The molecule has 206 valence electrons. The predicted molar refractivity (Wildman–Crippen MR) is 138 cm³/mol. The van der Waals surface area contributed by atoms with E-state index < -0.39 is 35.8 Å². The first-order chi connectivity index (χ1) is 17.2. The fraction of sp³-hybridized carbons (Fsp3) is 0.857. The third kappa shape index (κ3) is 11.3. The Balaban J connectivity index is 2.03. The molecule has 0 unspecified atom stereocenters. The van der Waals surface area contributed by atoms with Crippen molar-refractivity contribution in [1.82, 2.24) is 10.6 Å². The lowest BCUT2D eigenvalue weighted by molar-refractivity contribution is -0.153. The molecule has 0 heterocycles. The van der Waals surface area contributed by atoms with Crippen LogP contribution in [-0.2, 0) is 28.7 Å². The largest absolute Gasteiger partial charge is 0.464 e. The van der Waals surface area contributed by atoms with Gasteiger partial charge in [0.25, 0.3) is 0 Å². The van der Waals surface area contributed by atoms with Gasteiger partial charge in [-0.2, -0.15) is 0 Å². The van der Waals surface area contributed by atoms with Crippen LogP contribution in [0, 0.1) is 23.7 Å². The van der Waals surface area contributed by atoms with Crippen molar-refractivity contribution in [2.45, 2.75) is 117 Å². The van der Waals surface area contributed by atoms with E-state index >= 15 is 0 Å². The smallest absolute Gasteiger partial charge is 0.328 e. The number of carbonyl (C=O) groups excluding carboxylic acids is 4. The highest BCUT2D eigenvalue weighted by atomic mass is 16.5. The number of hydrogen-bond donors (Lipinski definition) is 2. The summed E-state index contributed by atoms with van der Waals surface area (Å²) in [5, 5.41) is 5.22. The van der Waals surface area contributed by atoms with Crippen molar-refractivity contribution in [2.24, 2.45) is 23.7 Å². The van der Waals surface area contributed by atoms with E-state index in [2.05, 4.69) is 10.6 Å². The molecule has 8 nitrogen and oxygen atoms in total. The molecule has 0 radical (unpaired) electrons. The van der Waals surface area contributed by atoms with Gasteiger partial charge in [-0.25, -0.2) is 9.59 Å². The second-order valence-corrected chi connectivity index (χ2v) is 11.6. The Bertz CT molecular complexity index is 651. The normalized spacial score (nSPS) is 18.9. The molecule has 0 aromatic heterocycles. The monoisotopic (exact) mass is 508 g/mol. The van der Waals surface area contributed by atoms with Crippen molar-refractivity contribution < 1.29 is 28.7 Å². The zero-order valence-electron chi connectivity index (χ0n) is 22.8. The van der Waals surface area contributed by atoms with E-state index in [9.17, 15) is 19.2 Å². The van der Waals surface area contributed by atoms with E-state index in [1.165, 1.54) is 12.8 Å². The Morgan fingerprint density at radius 1 is 0.611 bits per heavy atom. The first-order valence-corrected chi connectivity index (χ1v) is 14.1. The van der Waals surface area contributed by atoms with Crippen LogP contribution >= 0.6 is 0 Å². The maximum Gasteiger partial charge on any atom is 0.328 e. The van der Waals surface area contributed by atoms with Gasteiger partial charge in [-0.3, -0.25) is 9.59 Å². The molecule has 2 atom stereocenters. The summed E-state index contributed by atoms with van der Waals surface area (Å²) in [4.78, 5) is 51.3. The summed E-state index contributed by atoms with van der Waals surface area (Å²) in [5.74, 6) is -1.89. The molecule has 8 heteroatoms. The minimum Gasteiger partial charge on any atom is -0.464 e. The summed E-state index contributed by atoms with van der Waals surface area (Å²) < 4.78 is 10.8. The van der Waals surface area contributed by atoms with Gasteiger partial charge in [-0.15, -0.1) is 0 Å². The molecule has 0 bridgehead atoms. The Morgan fingerprint density at radius 2 is 0.944 bits per heavy atom. The zero-order valence-corrected chi connectivity index (χ0v) is 22.8. The van der Waals surface area contributed by atoms with Crippen LogP contribution in [0.2, 0.25) is 0 Å². The van der Waals surface area contributed by atoms with Crippen LogP contribution in [0.25, 0.3) is 0 Å². The van der Waals surface area contributed by atoms with E-state index in [0.29, 0.717) is 24.7 Å². The average Bonchev–Trinajstić information content (AvgIpc) is 2.86. The minimum atomic E-state index is -0.914. The standard InChI is InChI=1S/C28H48N2O6/c1-19(2)17-35-27(33)23(15-21-11-7-5-8-12-21)29-25(31)26(32)30-24(28(34)36-18-20(3)4)16-22-13-9-6-10-14-22/h19-24H,5-18H2,1-4H3,(H,29,31)(H,30,32)/t23-,24-/m0/s1. The van der Waals surface area contributed by atoms with Gasteiger partial charge < -0.3 is 20.1 Å². The molecule has 0 aliphatic heterocycles. The Morgan fingerprint density at radius 3 is 1.25 bits per heavy atom. The Hall–Kier alpha value is -2.12. The van der Waals surface area contributed by atoms with Gasteiger partial charge in [0.1, 0.15) is 12.1 Å². The van der Waals surface area contributed by atoms with E-state index in [1.807, 2.05) is 27.7 Å². The maximum atomic E-state index is 12.9. The van der Waals surface area contributed by atoms with E-state index in [0.717, 1.165) is 51.4 Å². The van der Waals surface area contributed by atoms with Crippen LogP contribution in [0.1, 0.15) is 105 Å². The summed E-state index contributed by atoms with van der Waals surface area (Å²) in [6.07, 6.45) is 11.7. The fourth-order valence-electron chi connectivity index (χ4n) is 5.09. The molecule has 2 rings (SSSR count). The highest BCUT2D eigenvalue weighted by Gasteiger charge is 2.32. The Kier molecular flexibility index (Phi) is 13.3. The molecule has 0 saturated heterocycles. The lowest BCUT2D eigenvalue weighted by Crippen LogP contribution is -2.53.